The molecule has 5 rings (SSSR count). The van der Waals surface area contributed by atoms with Gasteiger partial charge in [0.15, 0.2) is 11.5 Å². The molecule has 2 aromatic heterocycles. The molecule has 0 radical (unpaired) electrons. The third-order valence-electron chi connectivity index (χ3n) is 6.54. The van der Waals surface area contributed by atoms with E-state index in [0.717, 1.165) is 85.8 Å². The van der Waals surface area contributed by atoms with Crippen molar-refractivity contribution in [2.24, 2.45) is 0 Å². The Balaban J connectivity index is 1.51. The Hall–Kier alpha value is -2.42. The summed E-state index contributed by atoms with van der Waals surface area (Å²) in [5.41, 5.74) is 2.62. The minimum Gasteiger partial charge on any atom is -0.493 e. The molecule has 2 aliphatic rings. The van der Waals surface area contributed by atoms with Crippen molar-refractivity contribution in [3.63, 3.8) is 0 Å². The Labute approximate surface area is 199 Å². The highest BCUT2D eigenvalue weighted by Gasteiger charge is 2.24. The van der Waals surface area contributed by atoms with Crippen molar-refractivity contribution in [1.82, 2.24) is 14.9 Å². The summed E-state index contributed by atoms with van der Waals surface area (Å²) in [5, 5.41) is 1.25. The third-order valence-corrected chi connectivity index (χ3v) is 7.73. The van der Waals surface area contributed by atoms with Gasteiger partial charge in [-0.25, -0.2) is 9.97 Å². The van der Waals surface area contributed by atoms with Crippen LogP contribution in [0.3, 0.4) is 0 Å². The second kappa shape index (κ2) is 9.83. The van der Waals surface area contributed by atoms with Gasteiger partial charge in [-0.05, 0) is 48.9 Å². The lowest BCUT2D eigenvalue weighted by Gasteiger charge is -2.26. The van der Waals surface area contributed by atoms with Crippen LogP contribution in [0.1, 0.15) is 34.7 Å². The molecule has 8 heteroatoms. The van der Waals surface area contributed by atoms with Gasteiger partial charge in [0, 0.05) is 31.6 Å². The topological polar surface area (TPSA) is 60.0 Å². The van der Waals surface area contributed by atoms with Crippen LogP contribution in [-0.4, -0.2) is 62.4 Å². The van der Waals surface area contributed by atoms with E-state index in [1.54, 1.807) is 14.2 Å². The van der Waals surface area contributed by atoms with Gasteiger partial charge in [0.05, 0.1) is 39.4 Å². The number of nitrogens with zero attached hydrogens (tertiary/aromatic N) is 4. The molecular formula is C25H32N4O3S. The van der Waals surface area contributed by atoms with Crippen LogP contribution >= 0.6 is 11.3 Å². The highest BCUT2D eigenvalue weighted by Crippen LogP contribution is 2.40. The highest BCUT2D eigenvalue weighted by molar-refractivity contribution is 7.19. The summed E-state index contributed by atoms with van der Waals surface area (Å²) in [6, 6.07) is 6.10. The van der Waals surface area contributed by atoms with Crippen LogP contribution in [0.25, 0.3) is 10.2 Å². The Morgan fingerprint density at radius 1 is 1.06 bits per heavy atom. The zero-order chi connectivity index (χ0) is 22.8. The summed E-state index contributed by atoms with van der Waals surface area (Å²) < 4.78 is 16.4. The fourth-order valence-corrected chi connectivity index (χ4v) is 6.09. The normalized spacial score (nSPS) is 16.6. The first-order valence-electron chi connectivity index (χ1n) is 11.7. The van der Waals surface area contributed by atoms with Crippen LogP contribution in [-0.2, 0) is 30.7 Å². The van der Waals surface area contributed by atoms with E-state index >= 15 is 0 Å². The monoisotopic (exact) mass is 468 g/mol. The molecule has 176 valence electrons. The molecule has 1 saturated heterocycles. The molecule has 7 nitrogen and oxygen atoms in total. The molecule has 0 unspecified atom stereocenters. The fraction of sp³-hybridized carbons (Fsp3) is 0.520. The molecule has 0 atom stereocenters. The van der Waals surface area contributed by atoms with Gasteiger partial charge < -0.3 is 19.1 Å². The summed E-state index contributed by atoms with van der Waals surface area (Å²) in [6.07, 6.45) is 4.80. The summed E-state index contributed by atoms with van der Waals surface area (Å²) in [6.45, 7) is 4.91. The van der Waals surface area contributed by atoms with Gasteiger partial charge in [0.2, 0.25) is 0 Å². The van der Waals surface area contributed by atoms with Gasteiger partial charge in [-0.3, -0.25) is 4.90 Å². The molecule has 0 saturated carbocycles. The smallest absolute Gasteiger partial charge is 0.161 e. The van der Waals surface area contributed by atoms with Gasteiger partial charge in [-0.15, -0.1) is 11.3 Å². The second-order valence-electron chi connectivity index (χ2n) is 8.79. The number of thiophene rings is 1. The van der Waals surface area contributed by atoms with E-state index in [1.807, 2.05) is 23.5 Å². The van der Waals surface area contributed by atoms with Gasteiger partial charge in [0.25, 0.3) is 0 Å². The number of aromatic nitrogens is 2. The predicted molar refractivity (Wildman–Crippen MR) is 132 cm³/mol. The SMILES string of the molecule is COc1ccc(CN(C)c2nc(CN3CCOCC3)nc3sc4c(c23)CCCC4)cc1OC. The average molecular weight is 469 g/mol. The van der Waals surface area contributed by atoms with Crippen molar-refractivity contribution in [2.45, 2.75) is 38.8 Å². The van der Waals surface area contributed by atoms with Crippen molar-refractivity contribution < 1.29 is 14.2 Å². The molecule has 1 aliphatic carbocycles. The molecule has 1 fully saturated rings. The van der Waals surface area contributed by atoms with E-state index in [1.165, 1.54) is 28.7 Å². The van der Waals surface area contributed by atoms with Crippen LogP contribution in [0, 0.1) is 0 Å². The number of hydrogen-bond acceptors (Lipinski definition) is 8. The zero-order valence-electron chi connectivity index (χ0n) is 19.7. The van der Waals surface area contributed by atoms with Gasteiger partial charge in [0.1, 0.15) is 16.5 Å². The van der Waals surface area contributed by atoms with E-state index in [-0.39, 0.29) is 0 Å². The molecule has 0 amide bonds. The van der Waals surface area contributed by atoms with E-state index in [9.17, 15) is 0 Å². The standard InChI is InChI=1S/C25H32N4O3S/c1-28(15-17-8-9-19(30-2)20(14-17)31-3)24-23-18-6-4-5-7-21(18)33-25(23)27-22(26-24)16-29-10-12-32-13-11-29/h8-9,14H,4-7,10-13,15-16H2,1-3H3. The van der Waals surface area contributed by atoms with Crippen molar-refractivity contribution in [3.05, 3.63) is 40.0 Å². The van der Waals surface area contributed by atoms with E-state index < -0.39 is 0 Å². The number of anilines is 1. The number of methoxy groups -OCH3 is 2. The number of benzene rings is 1. The average Bonchev–Trinajstić information content (AvgIpc) is 3.22. The quantitative estimate of drug-likeness (QED) is 0.518. The molecule has 3 heterocycles. The summed E-state index contributed by atoms with van der Waals surface area (Å²) in [7, 11) is 5.47. The summed E-state index contributed by atoms with van der Waals surface area (Å²) in [4.78, 5) is 17.4. The number of ether oxygens (including phenoxy) is 3. The first kappa shape index (κ1) is 22.4. The Morgan fingerprint density at radius 3 is 2.64 bits per heavy atom. The summed E-state index contributed by atoms with van der Waals surface area (Å²) in [5.74, 6) is 3.43. The highest BCUT2D eigenvalue weighted by atomic mass is 32.1. The predicted octanol–water partition coefficient (Wildman–Crippen LogP) is 4.06. The Kier molecular flexibility index (Phi) is 6.66. The number of aryl methyl sites for hydroxylation is 2. The lowest BCUT2D eigenvalue weighted by Crippen LogP contribution is -2.36. The minimum atomic E-state index is 0.730. The molecule has 1 aromatic carbocycles. The molecule has 0 N–H and O–H groups in total. The number of rotatable bonds is 7. The van der Waals surface area contributed by atoms with Crippen LogP contribution < -0.4 is 14.4 Å². The largest absolute Gasteiger partial charge is 0.493 e. The Bertz CT molecular complexity index is 1130. The maximum absolute atomic E-state index is 5.52. The van der Waals surface area contributed by atoms with E-state index in [4.69, 9.17) is 24.2 Å². The molecule has 1 aliphatic heterocycles. The van der Waals surface area contributed by atoms with Gasteiger partial charge >= 0.3 is 0 Å². The maximum atomic E-state index is 5.52. The molecule has 0 bridgehead atoms. The fourth-order valence-electron chi connectivity index (χ4n) is 4.82. The van der Waals surface area contributed by atoms with Crippen LogP contribution in [0.5, 0.6) is 11.5 Å². The Morgan fingerprint density at radius 2 is 1.85 bits per heavy atom. The van der Waals surface area contributed by atoms with Gasteiger partial charge in [-0.1, -0.05) is 6.07 Å². The minimum absolute atomic E-state index is 0.730. The number of hydrogen-bond donors (Lipinski definition) is 0. The molecule has 0 spiro atoms. The van der Waals surface area contributed by atoms with Crippen molar-refractivity contribution in [1.29, 1.82) is 0 Å². The van der Waals surface area contributed by atoms with Crippen LogP contribution in [0.15, 0.2) is 18.2 Å². The third kappa shape index (κ3) is 4.65. The van der Waals surface area contributed by atoms with Crippen molar-refractivity contribution >= 4 is 27.4 Å². The van der Waals surface area contributed by atoms with Crippen LogP contribution in [0.4, 0.5) is 5.82 Å². The molecule has 3 aromatic rings. The number of fused-ring (bicyclic) bond motifs is 3. The van der Waals surface area contributed by atoms with Crippen molar-refractivity contribution in [2.75, 3.05) is 52.5 Å². The first-order chi connectivity index (χ1) is 16.2. The maximum Gasteiger partial charge on any atom is 0.161 e. The zero-order valence-corrected chi connectivity index (χ0v) is 20.5. The van der Waals surface area contributed by atoms with Crippen molar-refractivity contribution in [3.8, 4) is 11.5 Å². The molecule has 33 heavy (non-hydrogen) atoms. The summed E-state index contributed by atoms with van der Waals surface area (Å²) >= 11 is 1.87. The van der Waals surface area contributed by atoms with Crippen LogP contribution in [0.2, 0.25) is 0 Å². The van der Waals surface area contributed by atoms with Gasteiger partial charge in [-0.2, -0.15) is 0 Å². The lowest BCUT2D eigenvalue weighted by atomic mass is 9.97. The lowest BCUT2D eigenvalue weighted by molar-refractivity contribution is 0.0331. The number of morpholine rings is 1. The molecular weight excluding hydrogens is 436 g/mol. The van der Waals surface area contributed by atoms with E-state index in [0.29, 0.717) is 0 Å². The second-order valence-corrected chi connectivity index (χ2v) is 9.87. The van der Waals surface area contributed by atoms with E-state index in [2.05, 4.69) is 22.9 Å². The first-order valence-corrected chi connectivity index (χ1v) is 12.5.